The average Bonchev–Trinajstić information content (AvgIpc) is 2.17. The molecule has 1 aliphatic rings. The zero-order chi connectivity index (χ0) is 11.4. The van der Waals surface area contributed by atoms with Gasteiger partial charge in [-0.3, -0.25) is 4.79 Å². The highest BCUT2D eigenvalue weighted by Gasteiger charge is 2.19. The molecule has 1 saturated heterocycles. The molecule has 4 heteroatoms. The molecule has 0 aromatic heterocycles. The molecule has 0 unspecified atom stereocenters. The SMILES string of the molecule is CC(=O)C=C1CCN(C(=O)N(C)C)CC1. The first-order chi connectivity index (χ1) is 7.00. The summed E-state index contributed by atoms with van der Waals surface area (Å²) in [4.78, 5) is 25.9. The quantitative estimate of drug-likeness (QED) is 0.612. The van der Waals surface area contributed by atoms with Gasteiger partial charge in [0.1, 0.15) is 0 Å². The fourth-order valence-corrected chi connectivity index (χ4v) is 1.70. The normalized spacial score (nSPS) is 16.2. The molecule has 15 heavy (non-hydrogen) atoms. The van der Waals surface area contributed by atoms with E-state index in [4.69, 9.17) is 0 Å². The van der Waals surface area contributed by atoms with Gasteiger partial charge < -0.3 is 9.80 Å². The lowest BCUT2D eigenvalue weighted by Crippen LogP contribution is -2.42. The number of piperidine rings is 1. The first-order valence-electron chi connectivity index (χ1n) is 5.17. The van der Waals surface area contributed by atoms with E-state index in [-0.39, 0.29) is 11.8 Å². The summed E-state index contributed by atoms with van der Waals surface area (Å²) in [6, 6.07) is 0.0527. The summed E-state index contributed by atoms with van der Waals surface area (Å²) in [7, 11) is 3.51. The van der Waals surface area contributed by atoms with Crippen molar-refractivity contribution in [2.24, 2.45) is 0 Å². The summed E-state index contributed by atoms with van der Waals surface area (Å²) in [5, 5.41) is 0. The van der Waals surface area contributed by atoms with Crippen molar-refractivity contribution in [2.75, 3.05) is 27.2 Å². The van der Waals surface area contributed by atoms with E-state index >= 15 is 0 Å². The van der Waals surface area contributed by atoms with Crippen LogP contribution in [0.5, 0.6) is 0 Å². The van der Waals surface area contributed by atoms with Crippen molar-refractivity contribution in [3.63, 3.8) is 0 Å². The molecule has 1 aliphatic heterocycles. The van der Waals surface area contributed by atoms with Crippen LogP contribution < -0.4 is 0 Å². The third-order valence-corrected chi connectivity index (χ3v) is 2.47. The van der Waals surface area contributed by atoms with Crippen LogP contribution in [0.25, 0.3) is 0 Å². The first-order valence-corrected chi connectivity index (χ1v) is 5.17. The van der Waals surface area contributed by atoms with E-state index in [0.717, 1.165) is 31.5 Å². The number of likely N-dealkylation sites (tertiary alicyclic amines) is 1. The van der Waals surface area contributed by atoms with Crippen molar-refractivity contribution in [3.05, 3.63) is 11.6 Å². The second kappa shape index (κ2) is 4.96. The van der Waals surface area contributed by atoms with Crippen molar-refractivity contribution < 1.29 is 9.59 Å². The van der Waals surface area contributed by atoms with E-state index in [1.165, 1.54) is 0 Å². The molecular weight excluding hydrogens is 192 g/mol. The molecule has 0 aliphatic carbocycles. The third-order valence-electron chi connectivity index (χ3n) is 2.47. The fourth-order valence-electron chi connectivity index (χ4n) is 1.70. The molecule has 0 aromatic carbocycles. The van der Waals surface area contributed by atoms with Crippen LogP contribution in [0.15, 0.2) is 11.6 Å². The van der Waals surface area contributed by atoms with Crippen molar-refractivity contribution >= 4 is 11.8 Å². The lowest BCUT2D eigenvalue weighted by atomic mass is 10.0. The number of carbonyl (C=O) groups is 2. The number of urea groups is 1. The minimum absolute atomic E-state index is 0.0527. The molecular formula is C11H18N2O2. The predicted octanol–water partition coefficient (Wildman–Crippen LogP) is 1.28. The maximum absolute atomic E-state index is 11.6. The Hall–Kier alpha value is -1.32. The van der Waals surface area contributed by atoms with Crippen molar-refractivity contribution in [1.29, 1.82) is 0 Å². The lowest BCUT2D eigenvalue weighted by Gasteiger charge is -2.30. The molecule has 0 aromatic rings. The summed E-state index contributed by atoms with van der Waals surface area (Å²) in [5.74, 6) is 0.0948. The first kappa shape index (κ1) is 11.8. The van der Waals surface area contributed by atoms with Gasteiger partial charge >= 0.3 is 6.03 Å². The minimum atomic E-state index is 0.0527. The summed E-state index contributed by atoms with van der Waals surface area (Å²) >= 11 is 0. The second-order valence-corrected chi connectivity index (χ2v) is 4.08. The van der Waals surface area contributed by atoms with Crippen molar-refractivity contribution in [2.45, 2.75) is 19.8 Å². The highest BCUT2D eigenvalue weighted by atomic mass is 16.2. The van der Waals surface area contributed by atoms with Gasteiger partial charge in [-0.1, -0.05) is 5.57 Å². The number of hydrogen-bond donors (Lipinski definition) is 0. The lowest BCUT2D eigenvalue weighted by molar-refractivity contribution is -0.112. The average molecular weight is 210 g/mol. The number of nitrogens with zero attached hydrogens (tertiary/aromatic N) is 2. The summed E-state index contributed by atoms with van der Waals surface area (Å²) < 4.78 is 0. The maximum Gasteiger partial charge on any atom is 0.319 e. The molecule has 0 N–H and O–H groups in total. The van der Waals surface area contributed by atoms with Gasteiger partial charge in [-0.15, -0.1) is 0 Å². The minimum Gasteiger partial charge on any atom is -0.331 e. The van der Waals surface area contributed by atoms with Crippen LogP contribution in [-0.4, -0.2) is 48.8 Å². The van der Waals surface area contributed by atoms with Gasteiger partial charge in [0.15, 0.2) is 5.78 Å². The van der Waals surface area contributed by atoms with Crippen LogP contribution in [0.3, 0.4) is 0 Å². The van der Waals surface area contributed by atoms with E-state index in [2.05, 4.69) is 0 Å². The Kier molecular flexibility index (Phi) is 3.88. The smallest absolute Gasteiger partial charge is 0.319 e. The zero-order valence-electron chi connectivity index (χ0n) is 9.62. The molecule has 0 spiro atoms. The third kappa shape index (κ3) is 3.38. The molecule has 4 nitrogen and oxygen atoms in total. The summed E-state index contributed by atoms with van der Waals surface area (Å²) in [6.07, 6.45) is 3.33. The molecule has 0 saturated carbocycles. The van der Waals surface area contributed by atoms with E-state index in [1.54, 1.807) is 32.0 Å². The Labute approximate surface area is 90.5 Å². The number of rotatable bonds is 1. The standard InChI is InChI=1S/C11H18N2O2/c1-9(14)8-10-4-6-13(7-5-10)11(15)12(2)3/h8H,4-7H2,1-3H3. The number of allylic oxidation sites excluding steroid dienone is 1. The topological polar surface area (TPSA) is 40.6 Å². The molecule has 84 valence electrons. The van der Waals surface area contributed by atoms with Gasteiger partial charge in [0.25, 0.3) is 0 Å². The second-order valence-electron chi connectivity index (χ2n) is 4.08. The van der Waals surface area contributed by atoms with Crippen molar-refractivity contribution in [1.82, 2.24) is 9.80 Å². The molecule has 1 heterocycles. The van der Waals surface area contributed by atoms with Gasteiger partial charge in [-0.05, 0) is 25.8 Å². The molecule has 0 atom stereocenters. The van der Waals surface area contributed by atoms with Gasteiger partial charge in [0.05, 0.1) is 0 Å². The molecule has 0 bridgehead atoms. The fraction of sp³-hybridized carbons (Fsp3) is 0.636. The molecule has 1 rings (SSSR count). The van der Waals surface area contributed by atoms with E-state index < -0.39 is 0 Å². The van der Waals surface area contributed by atoms with Crippen LogP contribution in [-0.2, 0) is 4.79 Å². The van der Waals surface area contributed by atoms with Crippen LogP contribution in [0.1, 0.15) is 19.8 Å². The highest BCUT2D eigenvalue weighted by molar-refractivity contribution is 5.88. The van der Waals surface area contributed by atoms with E-state index in [1.807, 2.05) is 4.90 Å². The Morgan fingerprint density at radius 3 is 2.20 bits per heavy atom. The highest BCUT2D eigenvalue weighted by Crippen LogP contribution is 2.16. The zero-order valence-corrected chi connectivity index (χ0v) is 9.62. The Morgan fingerprint density at radius 2 is 1.80 bits per heavy atom. The van der Waals surface area contributed by atoms with E-state index in [0.29, 0.717) is 0 Å². The van der Waals surface area contributed by atoms with Crippen molar-refractivity contribution in [3.8, 4) is 0 Å². The summed E-state index contributed by atoms with van der Waals surface area (Å²) in [5.41, 5.74) is 1.16. The predicted molar refractivity (Wildman–Crippen MR) is 58.7 cm³/mol. The van der Waals surface area contributed by atoms with Gasteiger partial charge in [-0.2, -0.15) is 0 Å². The van der Waals surface area contributed by atoms with E-state index in [9.17, 15) is 9.59 Å². The Morgan fingerprint density at radius 1 is 1.27 bits per heavy atom. The maximum atomic E-state index is 11.6. The molecule has 1 fully saturated rings. The Balaban J connectivity index is 2.49. The molecule has 2 amide bonds. The van der Waals surface area contributed by atoms with Crippen LogP contribution in [0.4, 0.5) is 4.79 Å². The van der Waals surface area contributed by atoms with Crippen LogP contribution in [0.2, 0.25) is 0 Å². The number of hydrogen-bond acceptors (Lipinski definition) is 2. The van der Waals surface area contributed by atoms with Gasteiger partial charge in [0.2, 0.25) is 0 Å². The molecule has 0 radical (unpaired) electrons. The number of amides is 2. The van der Waals surface area contributed by atoms with Crippen LogP contribution in [0, 0.1) is 0 Å². The monoisotopic (exact) mass is 210 g/mol. The number of ketones is 1. The van der Waals surface area contributed by atoms with Crippen LogP contribution >= 0.6 is 0 Å². The van der Waals surface area contributed by atoms with Gasteiger partial charge in [0, 0.05) is 27.2 Å². The van der Waals surface area contributed by atoms with Gasteiger partial charge in [-0.25, -0.2) is 4.79 Å². The number of carbonyl (C=O) groups excluding carboxylic acids is 2. The summed E-state index contributed by atoms with van der Waals surface area (Å²) in [6.45, 7) is 3.00. The largest absolute Gasteiger partial charge is 0.331 e. The Bertz CT molecular complexity index is 285.